The summed E-state index contributed by atoms with van der Waals surface area (Å²) in [7, 11) is -0.372. The molecule has 1 unspecified atom stereocenters. The lowest BCUT2D eigenvalue weighted by atomic mass is 10.2. The van der Waals surface area contributed by atoms with Gasteiger partial charge in [-0.3, -0.25) is 0 Å². The van der Waals surface area contributed by atoms with Crippen LogP contribution < -0.4 is 5.30 Å². The quantitative estimate of drug-likeness (QED) is 0.484. The molecule has 0 aliphatic rings. The van der Waals surface area contributed by atoms with Crippen LogP contribution >= 0.6 is 8.15 Å². The Bertz CT molecular complexity index is 261. The van der Waals surface area contributed by atoms with Crippen LogP contribution in [0.2, 0.25) is 0 Å². The van der Waals surface area contributed by atoms with Gasteiger partial charge in [-0.25, -0.2) is 0 Å². The third-order valence-corrected chi connectivity index (χ3v) is 4.71. The van der Waals surface area contributed by atoms with E-state index in [1.54, 1.807) is 0 Å². The second-order valence-corrected chi connectivity index (χ2v) is 5.89. The second kappa shape index (κ2) is 8.73. The predicted molar refractivity (Wildman–Crippen MR) is 73.6 cm³/mol. The van der Waals surface area contributed by atoms with Gasteiger partial charge in [0.1, 0.15) is 0 Å². The van der Waals surface area contributed by atoms with Gasteiger partial charge in [0.25, 0.3) is 0 Å². The maximum Gasteiger partial charge on any atom is 0.0603 e. The van der Waals surface area contributed by atoms with Crippen LogP contribution in [0.3, 0.4) is 0 Å². The first-order valence-corrected chi connectivity index (χ1v) is 7.78. The predicted octanol–water partition coefficient (Wildman–Crippen LogP) is 4.33. The molecule has 16 heavy (non-hydrogen) atoms. The van der Waals surface area contributed by atoms with Gasteiger partial charge in [0.2, 0.25) is 0 Å². The van der Waals surface area contributed by atoms with Crippen molar-refractivity contribution in [3.8, 4) is 0 Å². The normalized spacial score (nSPS) is 12.6. The molecule has 1 aromatic carbocycles. The second-order valence-electron chi connectivity index (χ2n) is 3.92. The molecule has 0 saturated carbocycles. The smallest absolute Gasteiger partial charge is 0.0603 e. The summed E-state index contributed by atoms with van der Waals surface area (Å²) in [5.74, 6) is 0. The molecule has 0 N–H and O–H groups in total. The van der Waals surface area contributed by atoms with E-state index in [1.807, 2.05) is 0 Å². The van der Waals surface area contributed by atoms with Gasteiger partial charge >= 0.3 is 0 Å². The number of unbranched alkanes of at least 4 members (excludes halogenated alkanes) is 3. The van der Waals surface area contributed by atoms with Crippen LogP contribution in [-0.4, -0.2) is 12.8 Å². The van der Waals surface area contributed by atoms with Crippen molar-refractivity contribution in [3.63, 3.8) is 0 Å². The molecule has 0 spiro atoms. The van der Waals surface area contributed by atoms with E-state index in [-0.39, 0.29) is 8.15 Å². The zero-order valence-corrected chi connectivity index (χ0v) is 11.4. The third kappa shape index (κ3) is 5.09. The molecule has 1 rings (SSSR count). The first kappa shape index (κ1) is 13.7. The summed E-state index contributed by atoms with van der Waals surface area (Å²) in [5, 5.41) is 1.39. The maximum atomic E-state index is 5.87. The minimum Gasteiger partial charge on any atom is -0.355 e. The molecule has 0 bridgehead atoms. The Morgan fingerprint density at radius 3 is 2.38 bits per heavy atom. The Morgan fingerprint density at radius 1 is 1.00 bits per heavy atom. The molecule has 90 valence electrons. The molecule has 0 heterocycles. The average Bonchev–Trinajstić information content (AvgIpc) is 2.34. The SMILES string of the molecule is CCCCCCP(OCC)c1ccccc1. The van der Waals surface area contributed by atoms with Gasteiger partial charge < -0.3 is 4.52 Å². The topological polar surface area (TPSA) is 9.23 Å². The molecular weight excluding hydrogens is 215 g/mol. The van der Waals surface area contributed by atoms with Crippen molar-refractivity contribution in [2.45, 2.75) is 39.5 Å². The monoisotopic (exact) mass is 238 g/mol. The molecule has 1 aromatic rings. The van der Waals surface area contributed by atoms with Gasteiger partial charge in [-0.1, -0.05) is 56.5 Å². The van der Waals surface area contributed by atoms with Crippen molar-refractivity contribution in [3.05, 3.63) is 30.3 Å². The lowest BCUT2D eigenvalue weighted by molar-refractivity contribution is 0.382. The van der Waals surface area contributed by atoms with Crippen LogP contribution in [0.1, 0.15) is 39.5 Å². The van der Waals surface area contributed by atoms with Crippen LogP contribution in [0.25, 0.3) is 0 Å². The molecule has 0 aromatic heterocycles. The van der Waals surface area contributed by atoms with E-state index in [4.69, 9.17) is 4.52 Å². The Labute approximate surface area is 101 Å². The molecule has 0 fully saturated rings. The zero-order valence-electron chi connectivity index (χ0n) is 10.5. The highest BCUT2D eigenvalue weighted by Gasteiger charge is 2.10. The van der Waals surface area contributed by atoms with Crippen LogP contribution in [0.5, 0.6) is 0 Å². The summed E-state index contributed by atoms with van der Waals surface area (Å²) in [6, 6.07) is 10.7. The van der Waals surface area contributed by atoms with Crippen molar-refractivity contribution < 1.29 is 4.52 Å². The van der Waals surface area contributed by atoms with Gasteiger partial charge in [-0.2, -0.15) is 0 Å². The number of benzene rings is 1. The van der Waals surface area contributed by atoms with Gasteiger partial charge in [-0.15, -0.1) is 0 Å². The van der Waals surface area contributed by atoms with Gasteiger partial charge in [0.05, 0.1) is 8.15 Å². The fraction of sp³-hybridized carbons (Fsp3) is 0.571. The number of hydrogen-bond donors (Lipinski definition) is 0. The van der Waals surface area contributed by atoms with E-state index in [1.165, 1.54) is 37.1 Å². The molecule has 0 radical (unpaired) electrons. The fourth-order valence-corrected chi connectivity index (χ4v) is 3.56. The number of hydrogen-bond acceptors (Lipinski definition) is 1. The van der Waals surface area contributed by atoms with Crippen molar-refractivity contribution in [1.82, 2.24) is 0 Å². The highest BCUT2D eigenvalue weighted by Crippen LogP contribution is 2.36. The van der Waals surface area contributed by atoms with E-state index in [9.17, 15) is 0 Å². The Balaban J connectivity index is 2.41. The zero-order chi connectivity index (χ0) is 11.6. The Morgan fingerprint density at radius 2 is 1.75 bits per heavy atom. The third-order valence-electron chi connectivity index (χ3n) is 2.54. The standard InChI is InChI=1S/C14H23OP/c1-3-5-6-10-13-16(15-4-2)14-11-8-7-9-12-14/h7-9,11-12H,3-6,10,13H2,1-2H3. The van der Waals surface area contributed by atoms with Crippen LogP contribution in [0.15, 0.2) is 30.3 Å². The molecule has 1 nitrogen and oxygen atoms in total. The number of rotatable bonds is 8. The van der Waals surface area contributed by atoms with Crippen molar-refractivity contribution in [1.29, 1.82) is 0 Å². The van der Waals surface area contributed by atoms with Gasteiger partial charge in [0, 0.05) is 11.9 Å². The summed E-state index contributed by atoms with van der Waals surface area (Å²) in [5.41, 5.74) is 0. The van der Waals surface area contributed by atoms with Crippen LogP contribution in [-0.2, 0) is 4.52 Å². The molecule has 0 saturated heterocycles. The maximum absolute atomic E-state index is 5.87. The minimum absolute atomic E-state index is 0.372. The van der Waals surface area contributed by atoms with E-state index < -0.39 is 0 Å². The molecule has 2 heteroatoms. The van der Waals surface area contributed by atoms with E-state index >= 15 is 0 Å². The summed E-state index contributed by atoms with van der Waals surface area (Å²) in [6.07, 6.45) is 6.51. The van der Waals surface area contributed by atoms with Crippen LogP contribution in [0, 0.1) is 0 Å². The van der Waals surface area contributed by atoms with Gasteiger partial charge in [0.15, 0.2) is 0 Å². The van der Waals surface area contributed by atoms with Gasteiger partial charge in [-0.05, 0) is 19.5 Å². The first-order valence-electron chi connectivity index (χ1n) is 6.34. The van der Waals surface area contributed by atoms with E-state index in [0.29, 0.717) is 0 Å². The molecule has 1 atom stereocenters. The molecule has 0 aliphatic carbocycles. The van der Waals surface area contributed by atoms with Crippen molar-refractivity contribution in [2.75, 3.05) is 12.8 Å². The van der Waals surface area contributed by atoms with Crippen molar-refractivity contribution in [2.24, 2.45) is 0 Å². The fourth-order valence-electron chi connectivity index (χ4n) is 1.70. The summed E-state index contributed by atoms with van der Waals surface area (Å²) >= 11 is 0. The van der Waals surface area contributed by atoms with E-state index in [0.717, 1.165) is 6.61 Å². The summed E-state index contributed by atoms with van der Waals surface area (Å²) in [6.45, 7) is 5.17. The summed E-state index contributed by atoms with van der Waals surface area (Å²) in [4.78, 5) is 0. The average molecular weight is 238 g/mol. The first-order chi connectivity index (χ1) is 7.88. The molecular formula is C14H23OP. The molecule has 0 aliphatic heterocycles. The lowest BCUT2D eigenvalue weighted by Gasteiger charge is -2.16. The molecule has 0 amide bonds. The Hall–Kier alpha value is -0.390. The Kier molecular flexibility index (Phi) is 7.46. The highest BCUT2D eigenvalue weighted by molar-refractivity contribution is 7.60. The van der Waals surface area contributed by atoms with Crippen molar-refractivity contribution >= 4 is 13.5 Å². The largest absolute Gasteiger partial charge is 0.355 e. The van der Waals surface area contributed by atoms with E-state index in [2.05, 4.69) is 44.2 Å². The highest BCUT2D eigenvalue weighted by atomic mass is 31.1. The lowest BCUT2D eigenvalue weighted by Crippen LogP contribution is -2.05. The van der Waals surface area contributed by atoms with Crippen LogP contribution in [0.4, 0.5) is 0 Å². The summed E-state index contributed by atoms with van der Waals surface area (Å²) < 4.78 is 5.87. The minimum atomic E-state index is -0.372.